The van der Waals surface area contributed by atoms with E-state index in [1.807, 2.05) is 0 Å². The quantitative estimate of drug-likeness (QED) is 0.538. The maximum Gasteiger partial charge on any atom is 0.336 e. The number of fused-ring (bicyclic) bond motifs is 1. The first-order valence-corrected chi connectivity index (χ1v) is 7.46. The molecule has 0 aliphatic carbocycles. The number of para-hydroxylation sites is 1. The number of carboxylic acids is 3. The molecule has 0 atom stereocenters. The second-order valence-electron chi connectivity index (χ2n) is 5.52. The summed E-state index contributed by atoms with van der Waals surface area (Å²) in [5, 5.41) is 37.2. The Bertz CT molecular complexity index is 559. The number of hydrogen-bond acceptors (Lipinski definition) is 5. The number of carbonyl (C=O) groups is 3. The van der Waals surface area contributed by atoms with Crippen LogP contribution in [-0.2, 0) is 20.8 Å². The SMILES string of the molecule is O=C(O)CC(O)(CC(=O)O)C(=O)O.c1ccc2c(c1)CCCCN2. The molecule has 0 spiro atoms. The maximum absolute atomic E-state index is 10.3. The van der Waals surface area contributed by atoms with Crippen molar-refractivity contribution >= 4 is 23.6 Å². The topological polar surface area (TPSA) is 144 Å². The van der Waals surface area contributed by atoms with Crippen LogP contribution in [0.3, 0.4) is 0 Å². The fourth-order valence-corrected chi connectivity index (χ4v) is 2.29. The van der Waals surface area contributed by atoms with Crippen LogP contribution in [0.5, 0.6) is 0 Å². The highest BCUT2D eigenvalue weighted by atomic mass is 16.4. The highest BCUT2D eigenvalue weighted by Crippen LogP contribution is 2.20. The summed E-state index contributed by atoms with van der Waals surface area (Å²) in [6.07, 6.45) is 1.57. The molecule has 2 rings (SSSR count). The summed E-state index contributed by atoms with van der Waals surface area (Å²) in [4.78, 5) is 30.5. The molecule has 0 saturated heterocycles. The Hall–Kier alpha value is -2.61. The summed E-state index contributed by atoms with van der Waals surface area (Å²) in [6.45, 7) is 1.14. The predicted molar refractivity (Wildman–Crippen MR) is 85.0 cm³/mol. The lowest BCUT2D eigenvalue weighted by molar-refractivity contribution is -0.170. The number of aryl methyl sites for hydroxylation is 1. The first-order chi connectivity index (χ1) is 11.2. The van der Waals surface area contributed by atoms with Crippen molar-refractivity contribution in [3.05, 3.63) is 29.8 Å². The Morgan fingerprint density at radius 1 is 1.00 bits per heavy atom. The van der Waals surface area contributed by atoms with Gasteiger partial charge in [0.2, 0.25) is 0 Å². The minimum atomic E-state index is -2.74. The first-order valence-electron chi connectivity index (χ1n) is 7.46. The van der Waals surface area contributed by atoms with Gasteiger partial charge in [-0.05, 0) is 30.9 Å². The third-order valence-corrected chi connectivity index (χ3v) is 3.49. The maximum atomic E-state index is 10.3. The second kappa shape index (κ2) is 8.88. The average Bonchev–Trinajstić information content (AvgIpc) is 2.71. The summed E-state index contributed by atoms with van der Waals surface area (Å²) in [6, 6.07) is 8.59. The molecule has 1 aliphatic heterocycles. The zero-order chi connectivity index (χ0) is 18.2. The van der Waals surface area contributed by atoms with Crippen LogP contribution in [0, 0.1) is 0 Å². The highest BCUT2D eigenvalue weighted by Gasteiger charge is 2.40. The van der Waals surface area contributed by atoms with Crippen LogP contribution in [0.15, 0.2) is 24.3 Å². The zero-order valence-electron chi connectivity index (χ0n) is 13.1. The molecule has 0 amide bonds. The van der Waals surface area contributed by atoms with E-state index in [-0.39, 0.29) is 0 Å². The number of benzene rings is 1. The molecule has 132 valence electrons. The smallest absolute Gasteiger partial charge is 0.336 e. The summed E-state index contributed by atoms with van der Waals surface area (Å²) >= 11 is 0. The van der Waals surface area contributed by atoms with Crippen molar-refractivity contribution in [1.82, 2.24) is 0 Å². The fraction of sp³-hybridized carbons (Fsp3) is 0.438. The van der Waals surface area contributed by atoms with Gasteiger partial charge in [0, 0.05) is 12.2 Å². The van der Waals surface area contributed by atoms with Gasteiger partial charge in [-0.15, -0.1) is 0 Å². The zero-order valence-corrected chi connectivity index (χ0v) is 13.1. The molecule has 0 fully saturated rings. The Balaban J connectivity index is 0.000000242. The van der Waals surface area contributed by atoms with Gasteiger partial charge in [0.15, 0.2) is 5.60 Å². The van der Waals surface area contributed by atoms with Crippen LogP contribution < -0.4 is 5.32 Å². The van der Waals surface area contributed by atoms with Crippen LogP contribution in [0.2, 0.25) is 0 Å². The number of rotatable bonds is 5. The van der Waals surface area contributed by atoms with Crippen molar-refractivity contribution in [2.24, 2.45) is 0 Å². The van der Waals surface area contributed by atoms with Gasteiger partial charge >= 0.3 is 17.9 Å². The number of aliphatic hydroxyl groups is 1. The van der Waals surface area contributed by atoms with Gasteiger partial charge in [-0.1, -0.05) is 18.2 Å². The minimum absolute atomic E-state index is 1.14. The average molecular weight is 339 g/mol. The molecular formula is C16H21NO7. The second-order valence-corrected chi connectivity index (χ2v) is 5.52. The van der Waals surface area contributed by atoms with Gasteiger partial charge in [-0.2, -0.15) is 0 Å². The highest BCUT2D eigenvalue weighted by molar-refractivity contribution is 5.88. The van der Waals surface area contributed by atoms with Crippen molar-refractivity contribution in [3.8, 4) is 0 Å². The van der Waals surface area contributed by atoms with E-state index in [1.54, 1.807) is 0 Å². The summed E-state index contributed by atoms with van der Waals surface area (Å²) in [5.41, 5.74) is 0.0764. The molecule has 1 aromatic rings. The molecule has 1 aliphatic rings. The van der Waals surface area contributed by atoms with E-state index in [4.69, 9.17) is 20.4 Å². The van der Waals surface area contributed by atoms with Crippen molar-refractivity contribution in [1.29, 1.82) is 0 Å². The lowest BCUT2D eigenvalue weighted by Crippen LogP contribution is -2.42. The number of aliphatic carboxylic acids is 3. The molecule has 0 unspecified atom stereocenters. The van der Waals surface area contributed by atoms with Gasteiger partial charge in [0.25, 0.3) is 0 Å². The molecule has 1 aromatic carbocycles. The Morgan fingerprint density at radius 2 is 1.58 bits per heavy atom. The van der Waals surface area contributed by atoms with Crippen molar-refractivity contribution in [2.75, 3.05) is 11.9 Å². The minimum Gasteiger partial charge on any atom is -0.481 e. The van der Waals surface area contributed by atoms with E-state index in [0.717, 1.165) is 6.54 Å². The van der Waals surface area contributed by atoms with Gasteiger partial charge < -0.3 is 25.7 Å². The van der Waals surface area contributed by atoms with Crippen molar-refractivity contribution in [2.45, 2.75) is 37.7 Å². The molecule has 0 aromatic heterocycles. The van der Waals surface area contributed by atoms with Crippen LogP contribution in [0.1, 0.15) is 31.2 Å². The first kappa shape index (κ1) is 19.4. The van der Waals surface area contributed by atoms with Gasteiger partial charge in [0.1, 0.15) is 0 Å². The molecule has 5 N–H and O–H groups in total. The van der Waals surface area contributed by atoms with Gasteiger partial charge in [-0.25, -0.2) is 4.79 Å². The molecule has 0 bridgehead atoms. The normalized spacial score (nSPS) is 13.4. The lowest BCUT2D eigenvalue weighted by Gasteiger charge is -2.18. The number of nitrogens with one attached hydrogen (secondary N) is 1. The molecule has 8 heteroatoms. The molecule has 0 saturated carbocycles. The summed E-state index contributed by atoms with van der Waals surface area (Å²) in [5.74, 6) is -5.02. The number of anilines is 1. The van der Waals surface area contributed by atoms with E-state index in [1.165, 1.54) is 30.5 Å². The molecule has 8 nitrogen and oxygen atoms in total. The third-order valence-electron chi connectivity index (χ3n) is 3.49. The van der Waals surface area contributed by atoms with Gasteiger partial charge in [0.05, 0.1) is 12.8 Å². The van der Waals surface area contributed by atoms with Gasteiger partial charge in [-0.3, -0.25) is 9.59 Å². The van der Waals surface area contributed by atoms with Crippen LogP contribution in [0.25, 0.3) is 0 Å². The monoisotopic (exact) mass is 339 g/mol. The largest absolute Gasteiger partial charge is 0.481 e. The van der Waals surface area contributed by atoms with E-state index < -0.39 is 36.4 Å². The lowest BCUT2D eigenvalue weighted by atomic mass is 9.96. The fourth-order valence-electron chi connectivity index (χ4n) is 2.29. The molecule has 0 radical (unpaired) electrons. The summed E-state index contributed by atoms with van der Waals surface area (Å²) < 4.78 is 0. The van der Waals surface area contributed by atoms with Crippen molar-refractivity contribution in [3.63, 3.8) is 0 Å². The van der Waals surface area contributed by atoms with E-state index in [0.29, 0.717) is 0 Å². The molecule has 1 heterocycles. The van der Waals surface area contributed by atoms with E-state index in [2.05, 4.69) is 29.6 Å². The number of hydrogen-bond donors (Lipinski definition) is 5. The standard InChI is InChI=1S/C10H13N.C6H8O7/c1-2-7-10-9(5-1)6-3-4-8-11-10;7-3(8)1-6(13,5(11)12)2-4(9)10/h1-2,5,7,11H,3-4,6,8H2;13H,1-2H2,(H,7,8)(H,9,10)(H,11,12). The third kappa shape index (κ3) is 6.25. The molecule has 24 heavy (non-hydrogen) atoms. The Labute approximate surface area is 138 Å². The van der Waals surface area contributed by atoms with E-state index in [9.17, 15) is 14.4 Å². The summed E-state index contributed by atoms with van der Waals surface area (Å²) in [7, 11) is 0. The van der Waals surface area contributed by atoms with E-state index >= 15 is 0 Å². The van der Waals surface area contributed by atoms with Crippen LogP contribution >= 0.6 is 0 Å². The predicted octanol–water partition coefficient (Wildman–Crippen LogP) is 1.19. The number of carboxylic acid groups (broad SMARTS) is 3. The van der Waals surface area contributed by atoms with Crippen LogP contribution in [-0.4, -0.2) is 50.5 Å². The van der Waals surface area contributed by atoms with Crippen LogP contribution in [0.4, 0.5) is 5.69 Å². The van der Waals surface area contributed by atoms with Crippen molar-refractivity contribution < 1.29 is 34.8 Å². The molecular weight excluding hydrogens is 318 g/mol. The Morgan fingerprint density at radius 3 is 2.12 bits per heavy atom. The Kier molecular flexibility index (Phi) is 7.19.